The molecule has 7 heteroatoms. The molecule has 1 aromatic heterocycles. The molecule has 0 spiro atoms. The van der Waals surface area contributed by atoms with E-state index in [4.69, 9.17) is 11.6 Å². The number of benzene rings is 1. The van der Waals surface area contributed by atoms with Gasteiger partial charge < -0.3 is 0 Å². The summed E-state index contributed by atoms with van der Waals surface area (Å²) in [6.07, 6.45) is 1.72. The highest BCUT2D eigenvalue weighted by Crippen LogP contribution is 2.19. The molecule has 0 aliphatic rings. The number of sulfonamides is 1. The zero-order chi connectivity index (χ0) is 15.5. The van der Waals surface area contributed by atoms with E-state index in [0.29, 0.717) is 17.7 Å². The second kappa shape index (κ2) is 6.24. The summed E-state index contributed by atoms with van der Waals surface area (Å²) in [6, 6.07) is 8.81. The highest BCUT2D eigenvalue weighted by Gasteiger charge is 2.16. The van der Waals surface area contributed by atoms with Crippen molar-refractivity contribution in [1.82, 2.24) is 4.98 Å². The van der Waals surface area contributed by atoms with Crippen molar-refractivity contribution >= 4 is 33.1 Å². The normalized spacial score (nSPS) is 11.1. The Labute approximate surface area is 128 Å². The number of carbonyl (C=O) groups excluding carboxylic acids is 1. The van der Waals surface area contributed by atoms with Gasteiger partial charge in [-0.2, -0.15) is 0 Å². The molecule has 0 aliphatic heterocycles. The van der Waals surface area contributed by atoms with Gasteiger partial charge in [-0.15, -0.1) is 0 Å². The van der Waals surface area contributed by atoms with E-state index in [-0.39, 0.29) is 15.8 Å². The van der Waals surface area contributed by atoms with Gasteiger partial charge in [0.1, 0.15) is 5.15 Å². The maximum atomic E-state index is 12.3. The van der Waals surface area contributed by atoms with Gasteiger partial charge in [0.15, 0.2) is 5.78 Å². The summed E-state index contributed by atoms with van der Waals surface area (Å²) >= 11 is 5.71. The smallest absolute Gasteiger partial charge is 0.261 e. The molecule has 0 saturated heterocycles. The lowest BCUT2D eigenvalue weighted by atomic mass is 10.1. The molecule has 1 aromatic carbocycles. The van der Waals surface area contributed by atoms with Gasteiger partial charge in [0.25, 0.3) is 10.0 Å². The Balaban J connectivity index is 2.33. The van der Waals surface area contributed by atoms with E-state index in [9.17, 15) is 13.2 Å². The number of rotatable bonds is 5. The molecule has 1 N–H and O–H groups in total. The molecule has 0 saturated carbocycles. The SMILES string of the molecule is CCC(=O)c1cccc(S(=O)(=O)Nc2ccnc(Cl)c2)c1. The number of anilines is 1. The molecule has 2 aromatic rings. The lowest BCUT2D eigenvalue weighted by molar-refractivity contribution is 0.0988. The van der Waals surface area contributed by atoms with Crippen LogP contribution in [0.5, 0.6) is 0 Å². The van der Waals surface area contributed by atoms with E-state index in [1.807, 2.05) is 0 Å². The van der Waals surface area contributed by atoms with Crippen LogP contribution in [0.4, 0.5) is 5.69 Å². The fourth-order valence-electron chi connectivity index (χ4n) is 1.72. The van der Waals surface area contributed by atoms with E-state index >= 15 is 0 Å². The summed E-state index contributed by atoms with van der Waals surface area (Å²) in [7, 11) is -3.78. The van der Waals surface area contributed by atoms with Crippen LogP contribution in [0.25, 0.3) is 0 Å². The predicted octanol–water partition coefficient (Wildman–Crippen LogP) is 3.13. The number of carbonyl (C=O) groups is 1. The summed E-state index contributed by atoms with van der Waals surface area (Å²) in [5.74, 6) is -0.112. The van der Waals surface area contributed by atoms with Crippen LogP contribution in [0, 0.1) is 0 Å². The van der Waals surface area contributed by atoms with Crippen LogP contribution in [0.3, 0.4) is 0 Å². The maximum Gasteiger partial charge on any atom is 0.261 e. The largest absolute Gasteiger partial charge is 0.294 e. The minimum atomic E-state index is -3.78. The number of pyridine rings is 1. The highest BCUT2D eigenvalue weighted by atomic mass is 35.5. The lowest BCUT2D eigenvalue weighted by Gasteiger charge is -2.09. The second-order valence-corrected chi connectivity index (χ2v) is 6.35. The average molecular weight is 325 g/mol. The Morgan fingerprint density at radius 1 is 1.29 bits per heavy atom. The van der Waals surface area contributed by atoms with Gasteiger partial charge in [0.2, 0.25) is 0 Å². The zero-order valence-electron chi connectivity index (χ0n) is 11.2. The number of hydrogen-bond donors (Lipinski definition) is 1. The molecule has 0 radical (unpaired) electrons. The van der Waals surface area contributed by atoms with Crippen molar-refractivity contribution < 1.29 is 13.2 Å². The fourth-order valence-corrected chi connectivity index (χ4v) is 2.99. The molecule has 5 nitrogen and oxygen atoms in total. The molecule has 0 fully saturated rings. The summed E-state index contributed by atoms with van der Waals surface area (Å²) in [5.41, 5.74) is 0.676. The third kappa shape index (κ3) is 3.80. The molecule has 0 unspecified atom stereocenters. The maximum absolute atomic E-state index is 12.3. The lowest BCUT2D eigenvalue weighted by Crippen LogP contribution is -2.13. The van der Waals surface area contributed by atoms with Gasteiger partial charge >= 0.3 is 0 Å². The van der Waals surface area contributed by atoms with Crippen molar-refractivity contribution in [3.05, 3.63) is 53.3 Å². The topological polar surface area (TPSA) is 76.1 Å². The van der Waals surface area contributed by atoms with Crippen LogP contribution in [0.2, 0.25) is 5.15 Å². The monoisotopic (exact) mass is 324 g/mol. The standard InChI is InChI=1S/C14H13ClN2O3S/c1-2-13(18)10-4-3-5-12(8-10)21(19,20)17-11-6-7-16-14(15)9-11/h3-9H,2H2,1H3,(H,16,17). The van der Waals surface area contributed by atoms with Crippen LogP contribution < -0.4 is 4.72 Å². The number of nitrogens with zero attached hydrogens (tertiary/aromatic N) is 1. The number of aromatic nitrogens is 1. The number of hydrogen-bond acceptors (Lipinski definition) is 4. The van der Waals surface area contributed by atoms with Crippen molar-refractivity contribution in [2.45, 2.75) is 18.2 Å². The highest BCUT2D eigenvalue weighted by molar-refractivity contribution is 7.92. The molecule has 0 aliphatic carbocycles. The molecule has 0 amide bonds. The van der Waals surface area contributed by atoms with Gasteiger partial charge in [0, 0.05) is 18.2 Å². The van der Waals surface area contributed by atoms with Gasteiger partial charge in [0.05, 0.1) is 10.6 Å². The molecule has 110 valence electrons. The third-order valence-electron chi connectivity index (χ3n) is 2.77. The predicted molar refractivity (Wildman–Crippen MR) is 81.1 cm³/mol. The molecular weight excluding hydrogens is 312 g/mol. The summed E-state index contributed by atoms with van der Waals surface area (Å²) in [5, 5.41) is 0.185. The molecule has 0 atom stereocenters. The zero-order valence-corrected chi connectivity index (χ0v) is 12.8. The number of halogens is 1. The number of Topliss-reactive ketones (excluding diaryl/α,β-unsaturated/α-hetero) is 1. The molecular formula is C14H13ClN2O3S. The molecule has 2 rings (SSSR count). The molecule has 1 heterocycles. The van der Waals surface area contributed by atoms with Crippen LogP contribution in [0.1, 0.15) is 23.7 Å². The Morgan fingerprint density at radius 3 is 2.71 bits per heavy atom. The summed E-state index contributed by atoms with van der Waals surface area (Å²) < 4.78 is 27.0. The van der Waals surface area contributed by atoms with E-state index in [2.05, 4.69) is 9.71 Å². The first kappa shape index (κ1) is 15.5. The number of ketones is 1. The van der Waals surface area contributed by atoms with Gasteiger partial charge in [-0.1, -0.05) is 30.7 Å². The van der Waals surface area contributed by atoms with Crippen molar-refractivity contribution in [2.75, 3.05) is 4.72 Å². The van der Waals surface area contributed by atoms with Gasteiger partial charge in [-0.25, -0.2) is 13.4 Å². The van der Waals surface area contributed by atoms with Crippen molar-refractivity contribution in [3.8, 4) is 0 Å². The molecule has 0 bridgehead atoms. The van der Waals surface area contributed by atoms with Crippen LogP contribution >= 0.6 is 11.6 Å². The van der Waals surface area contributed by atoms with Crippen molar-refractivity contribution in [1.29, 1.82) is 0 Å². The van der Waals surface area contributed by atoms with E-state index in [1.165, 1.54) is 36.5 Å². The average Bonchev–Trinajstić information content (AvgIpc) is 2.46. The van der Waals surface area contributed by atoms with Crippen LogP contribution in [0.15, 0.2) is 47.5 Å². The Hall–Kier alpha value is -1.92. The van der Waals surface area contributed by atoms with Crippen LogP contribution in [-0.2, 0) is 10.0 Å². The summed E-state index contributed by atoms with van der Waals surface area (Å²) in [4.78, 5) is 15.5. The van der Waals surface area contributed by atoms with Gasteiger partial charge in [-0.05, 0) is 24.3 Å². The van der Waals surface area contributed by atoms with Crippen molar-refractivity contribution in [3.63, 3.8) is 0 Å². The first-order valence-electron chi connectivity index (χ1n) is 6.20. The minimum Gasteiger partial charge on any atom is -0.294 e. The van der Waals surface area contributed by atoms with E-state index in [1.54, 1.807) is 13.0 Å². The van der Waals surface area contributed by atoms with Crippen molar-refractivity contribution in [2.24, 2.45) is 0 Å². The first-order valence-corrected chi connectivity index (χ1v) is 8.06. The quantitative estimate of drug-likeness (QED) is 0.677. The molecule has 21 heavy (non-hydrogen) atoms. The Morgan fingerprint density at radius 2 is 2.05 bits per heavy atom. The van der Waals surface area contributed by atoms with Crippen LogP contribution in [-0.4, -0.2) is 19.2 Å². The first-order chi connectivity index (χ1) is 9.92. The number of nitrogens with one attached hydrogen (secondary N) is 1. The van der Waals surface area contributed by atoms with E-state index in [0.717, 1.165) is 0 Å². The van der Waals surface area contributed by atoms with E-state index < -0.39 is 10.0 Å². The summed E-state index contributed by atoms with van der Waals surface area (Å²) in [6.45, 7) is 1.72. The van der Waals surface area contributed by atoms with Gasteiger partial charge in [-0.3, -0.25) is 9.52 Å². The second-order valence-electron chi connectivity index (χ2n) is 4.28. The Kier molecular flexibility index (Phi) is 4.59. The third-order valence-corrected chi connectivity index (χ3v) is 4.35. The minimum absolute atomic E-state index is 0.0229. The Bertz CT molecular complexity index is 775. The fraction of sp³-hybridized carbons (Fsp3) is 0.143.